The number of unbranched alkanes of at least 4 members (excludes halogenated alkanes) is 3. The molecule has 104 valence electrons. The average Bonchev–Trinajstić information content (AvgIpc) is 2.18. The predicted octanol–water partition coefficient (Wildman–Crippen LogP) is 5.01. The van der Waals surface area contributed by atoms with Gasteiger partial charge in [0, 0.05) is 5.54 Å². The van der Waals surface area contributed by atoms with Gasteiger partial charge in [0.25, 0.3) is 0 Å². The molecule has 1 nitrogen and oxygen atoms in total. The lowest BCUT2D eigenvalue weighted by molar-refractivity contribution is 0.312. The summed E-state index contributed by atoms with van der Waals surface area (Å²) in [4.78, 5) is 0. The Kier molecular flexibility index (Phi) is 8.94. The Labute approximate surface area is 110 Å². The molecule has 0 saturated heterocycles. The van der Waals surface area contributed by atoms with Crippen LogP contribution in [0.5, 0.6) is 0 Å². The van der Waals surface area contributed by atoms with Crippen LogP contribution in [0, 0.1) is 11.8 Å². The summed E-state index contributed by atoms with van der Waals surface area (Å²) >= 11 is 0. The lowest BCUT2D eigenvalue weighted by Crippen LogP contribution is -2.39. The Balaban J connectivity index is 3.88. The van der Waals surface area contributed by atoms with Gasteiger partial charge in [0.1, 0.15) is 0 Å². The molecule has 1 heteroatoms. The zero-order valence-electron chi connectivity index (χ0n) is 13.1. The van der Waals surface area contributed by atoms with Crippen LogP contribution in [0.25, 0.3) is 0 Å². The van der Waals surface area contributed by atoms with Gasteiger partial charge in [-0.3, -0.25) is 0 Å². The van der Waals surface area contributed by atoms with E-state index in [-0.39, 0.29) is 5.54 Å². The summed E-state index contributed by atoms with van der Waals surface area (Å²) in [5, 5.41) is 3.67. The van der Waals surface area contributed by atoms with E-state index in [1.807, 2.05) is 0 Å². The van der Waals surface area contributed by atoms with E-state index in [4.69, 9.17) is 0 Å². The number of nitrogens with one attached hydrogen (secondary N) is 1. The molecule has 0 aromatic rings. The Morgan fingerprint density at radius 2 is 1.65 bits per heavy atom. The average molecular weight is 241 g/mol. The van der Waals surface area contributed by atoms with Gasteiger partial charge in [-0.25, -0.2) is 0 Å². The third-order valence-corrected chi connectivity index (χ3v) is 3.19. The van der Waals surface area contributed by atoms with Crippen LogP contribution in [-0.4, -0.2) is 12.1 Å². The first-order valence-corrected chi connectivity index (χ1v) is 7.60. The molecular formula is C16H35N. The van der Waals surface area contributed by atoms with Crippen LogP contribution in [-0.2, 0) is 0 Å². The summed E-state index contributed by atoms with van der Waals surface area (Å²) in [6.07, 6.45) is 8.35. The lowest BCUT2D eigenvalue weighted by Gasteiger charge is -2.26. The largest absolute Gasteiger partial charge is 0.312 e. The molecule has 0 aromatic carbocycles. The second-order valence-electron chi connectivity index (χ2n) is 6.98. The maximum absolute atomic E-state index is 3.67. The summed E-state index contributed by atoms with van der Waals surface area (Å²) in [5.41, 5.74) is 0.263. The highest BCUT2D eigenvalue weighted by atomic mass is 14.9. The zero-order valence-corrected chi connectivity index (χ0v) is 13.1. The first-order chi connectivity index (χ1) is 7.85. The SMILES string of the molecule is CCCCCCC(CNC(C)(C)C)CC(C)C. The van der Waals surface area contributed by atoms with Gasteiger partial charge in [-0.05, 0) is 52.0 Å². The van der Waals surface area contributed by atoms with Gasteiger partial charge < -0.3 is 5.32 Å². The molecule has 0 bridgehead atoms. The monoisotopic (exact) mass is 241 g/mol. The molecule has 0 saturated carbocycles. The maximum atomic E-state index is 3.67. The summed E-state index contributed by atoms with van der Waals surface area (Å²) in [7, 11) is 0. The maximum Gasteiger partial charge on any atom is 0.00966 e. The molecule has 0 aliphatic heterocycles. The molecule has 0 rings (SSSR count). The molecule has 0 fully saturated rings. The zero-order chi connectivity index (χ0) is 13.3. The Bertz CT molecular complexity index is 167. The second kappa shape index (κ2) is 8.97. The highest BCUT2D eigenvalue weighted by molar-refractivity contribution is 4.74. The minimum absolute atomic E-state index is 0.263. The van der Waals surface area contributed by atoms with Crippen molar-refractivity contribution in [3.63, 3.8) is 0 Å². The van der Waals surface area contributed by atoms with Gasteiger partial charge in [0.15, 0.2) is 0 Å². The molecule has 1 atom stereocenters. The van der Waals surface area contributed by atoms with Crippen molar-refractivity contribution in [3.8, 4) is 0 Å². The Morgan fingerprint density at radius 3 is 2.12 bits per heavy atom. The molecule has 1 N–H and O–H groups in total. The van der Waals surface area contributed by atoms with Crippen LogP contribution in [0.2, 0.25) is 0 Å². The first kappa shape index (κ1) is 17.0. The van der Waals surface area contributed by atoms with E-state index < -0.39 is 0 Å². The van der Waals surface area contributed by atoms with Gasteiger partial charge in [-0.2, -0.15) is 0 Å². The van der Waals surface area contributed by atoms with Gasteiger partial charge in [0.05, 0.1) is 0 Å². The molecule has 1 unspecified atom stereocenters. The van der Waals surface area contributed by atoms with E-state index in [0.717, 1.165) is 11.8 Å². The standard InChI is InChI=1S/C16H35N/c1-7-8-9-10-11-15(12-14(2)3)13-17-16(4,5)6/h14-15,17H,7-13H2,1-6H3. The number of hydrogen-bond acceptors (Lipinski definition) is 1. The smallest absolute Gasteiger partial charge is 0.00966 e. The van der Waals surface area contributed by atoms with Crippen molar-refractivity contribution >= 4 is 0 Å². The van der Waals surface area contributed by atoms with Gasteiger partial charge >= 0.3 is 0 Å². The van der Waals surface area contributed by atoms with Crippen LogP contribution in [0.15, 0.2) is 0 Å². The molecule has 0 radical (unpaired) electrons. The molecule has 0 aliphatic carbocycles. The third kappa shape index (κ3) is 12.2. The minimum atomic E-state index is 0.263. The van der Waals surface area contributed by atoms with E-state index in [9.17, 15) is 0 Å². The fourth-order valence-corrected chi connectivity index (χ4v) is 2.28. The quantitative estimate of drug-likeness (QED) is 0.560. The summed E-state index contributed by atoms with van der Waals surface area (Å²) in [6.45, 7) is 14.9. The highest BCUT2D eigenvalue weighted by Gasteiger charge is 2.15. The van der Waals surface area contributed by atoms with Crippen LogP contribution in [0.3, 0.4) is 0 Å². The molecule has 0 aromatic heterocycles. The van der Waals surface area contributed by atoms with Crippen LogP contribution in [0.4, 0.5) is 0 Å². The summed E-state index contributed by atoms with van der Waals surface area (Å²) < 4.78 is 0. The van der Waals surface area contributed by atoms with E-state index in [2.05, 4.69) is 46.9 Å². The van der Waals surface area contributed by atoms with Crippen molar-refractivity contribution in [3.05, 3.63) is 0 Å². The fourth-order valence-electron chi connectivity index (χ4n) is 2.28. The normalized spacial score (nSPS) is 14.3. The summed E-state index contributed by atoms with van der Waals surface area (Å²) in [5.74, 6) is 1.69. The Morgan fingerprint density at radius 1 is 1.00 bits per heavy atom. The van der Waals surface area contributed by atoms with Crippen LogP contribution >= 0.6 is 0 Å². The van der Waals surface area contributed by atoms with Crippen molar-refractivity contribution in [2.45, 2.75) is 85.6 Å². The van der Waals surface area contributed by atoms with Crippen molar-refractivity contribution in [2.75, 3.05) is 6.54 Å². The molecule has 0 aliphatic rings. The molecule has 0 amide bonds. The van der Waals surface area contributed by atoms with Crippen molar-refractivity contribution in [1.82, 2.24) is 5.32 Å². The lowest BCUT2D eigenvalue weighted by atomic mass is 9.91. The molecule has 17 heavy (non-hydrogen) atoms. The van der Waals surface area contributed by atoms with Gasteiger partial charge in [-0.15, -0.1) is 0 Å². The van der Waals surface area contributed by atoms with E-state index in [1.165, 1.54) is 45.1 Å². The van der Waals surface area contributed by atoms with Crippen LogP contribution in [0.1, 0.15) is 80.1 Å². The van der Waals surface area contributed by atoms with E-state index in [1.54, 1.807) is 0 Å². The fraction of sp³-hybridized carbons (Fsp3) is 1.00. The number of rotatable bonds is 9. The minimum Gasteiger partial charge on any atom is -0.312 e. The van der Waals surface area contributed by atoms with Gasteiger partial charge in [-0.1, -0.05) is 46.5 Å². The molecular weight excluding hydrogens is 206 g/mol. The van der Waals surface area contributed by atoms with Gasteiger partial charge in [0.2, 0.25) is 0 Å². The van der Waals surface area contributed by atoms with Crippen LogP contribution < -0.4 is 5.32 Å². The molecule has 0 spiro atoms. The van der Waals surface area contributed by atoms with E-state index >= 15 is 0 Å². The molecule has 0 heterocycles. The topological polar surface area (TPSA) is 12.0 Å². The predicted molar refractivity (Wildman–Crippen MR) is 79.5 cm³/mol. The summed E-state index contributed by atoms with van der Waals surface area (Å²) in [6, 6.07) is 0. The Hall–Kier alpha value is -0.0400. The second-order valence-corrected chi connectivity index (χ2v) is 6.98. The van der Waals surface area contributed by atoms with Crippen molar-refractivity contribution < 1.29 is 0 Å². The van der Waals surface area contributed by atoms with Crippen molar-refractivity contribution in [1.29, 1.82) is 0 Å². The first-order valence-electron chi connectivity index (χ1n) is 7.60. The van der Waals surface area contributed by atoms with Crippen molar-refractivity contribution in [2.24, 2.45) is 11.8 Å². The van der Waals surface area contributed by atoms with E-state index in [0.29, 0.717) is 0 Å². The number of hydrogen-bond donors (Lipinski definition) is 1. The highest BCUT2D eigenvalue weighted by Crippen LogP contribution is 2.19. The third-order valence-electron chi connectivity index (χ3n) is 3.19.